The van der Waals surface area contributed by atoms with Gasteiger partial charge < -0.3 is 5.11 Å². The number of aliphatic carboxylic acids is 1. The molecule has 1 aliphatic rings. The molecule has 2 rings (SSSR count). The number of thioether (sulfide) groups is 1. The summed E-state index contributed by atoms with van der Waals surface area (Å²) >= 11 is 0.694. The zero-order valence-corrected chi connectivity index (χ0v) is 10.9. The molecule has 1 fully saturated rings. The van der Waals surface area contributed by atoms with Crippen LogP contribution in [-0.2, 0) is 9.59 Å². The van der Waals surface area contributed by atoms with Gasteiger partial charge in [0.2, 0.25) is 0 Å². The monoisotopic (exact) mass is 291 g/mol. The van der Waals surface area contributed by atoms with E-state index < -0.39 is 23.7 Å². The van der Waals surface area contributed by atoms with Crippen molar-refractivity contribution in [3.8, 4) is 0 Å². The minimum Gasteiger partial charge on any atom is -0.480 e. The fourth-order valence-corrected chi connectivity index (χ4v) is 2.43. The van der Waals surface area contributed by atoms with Gasteiger partial charge in [0.1, 0.15) is 12.8 Å². The van der Waals surface area contributed by atoms with Crippen LogP contribution >= 0.6 is 11.8 Å². The first-order chi connectivity index (χ1) is 9.51. The molecule has 20 heavy (non-hydrogen) atoms. The van der Waals surface area contributed by atoms with Crippen molar-refractivity contribution in [1.82, 2.24) is 4.90 Å². The Balaban J connectivity index is 2.22. The summed E-state index contributed by atoms with van der Waals surface area (Å²) < 4.78 is 0. The largest absolute Gasteiger partial charge is 0.480 e. The van der Waals surface area contributed by atoms with Gasteiger partial charge in [-0.25, -0.2) is 0 Å². The molecule has 2 amide bonds. The summed E-state index contributed by atoms with van der Waals surface area (Å²) in [6.07, 6.45) is 2.19. The molecular formula is C13H9NO5S. The molecule has 102 valence electrons. The van der Waals surface area contributed by atoms with Crippen LogP contribution in [0.3, 0.4) is 0 Å². The smallest absolute Gasteiger partial charge is 0.323 e. The number of carboxylic acids is 1. The lowest BCUT2D eigenvalue weighted by Gasteiger charge is -2.07. The molecule has 1 aromatic rings. The van der Waals surface area contributed by atoms with Gasteiger partial charge in [0.25, 0.3) is 11.1 Å². The molecule has 0 saturated carbocycles. The molecule has 1 saturated heterocycles. The molecule has 0 radical (unpaired) electrons. The van der Waals surface area contributed by atoms with Crippen LogP contribution in [0.25, 0.3) is 6.08 Å². The zero-order chi connectivity index (χ0) is 14.7. The number of hydrogen-bond donors (Lipinski definition) is 1. The third kappa shape index (κ3) is 2.94. The van der Waals surface area contributed by atoms with Crippen LogP contribution in [0, 0.1) is 0 Å². The number of carbonyl (C=O) groups is 4. The van der Waals surface area contributed by atoms with Crippen LogP contribution in [0.2, 0.25) is 0 Å². The normalized spacial score (nSPS) is 16.8. The second-order valence-electron chi connectivity index (χ2n) is 3.95. The van der Waals surface area contributed by atoms with Crippen molar-refractivity contribution in [3.05, 3.63) is 40.3 Å². The highest BCUT2D eigenvalue weighted by molar-refractivity contribution is 8.18. The van der Waals surface area contributed by atoms with E-state index in [4.69, 9.17) is 5.11 Å². The molecule has 0 aromatic heterocycles. The molecule has 0 aliphatic carbocycles. The molecule has 0 spiro atoms. The van der Waals surface area contributed by atoms with Crippen LogP contribution in [-0.4, -0.2) is 40.0 Å². The average molecular weight is 291 g/mol. The second-order valence-corrected chi connectivity index (χ2v) is 4.94. The minimum absolute atomic E-state index is 0.162. The third-order valence-corrected chi connectivity index (χ3v) is 3.44. The summed E-state index contributed by atoms with van der Waals surface area (Å²) in [6.45, 7) is -0.647. The van der Waals surface area contributed by atoms with Crippen LogP contribution in [0.4, 0.5) is 4.79 Å². The van der Waals surface area contributed by atoms with Crippen LogP contribution in [0.15, 0.2) is 29.2 Å². The van der Waals surface area contributed by atoms with Gasteiger partial charge in [-0.05, 0) is 23.4 Å². The van der Waals surface area contributed by atoms with E-state index in [2.05, 4.69) is 0 Å². The fourth-order valence-electron chi connectivity index (χ4n) is 1.59. The average Bonchev–Trinajstić information content (AvgIpc) is 2.67. The highest BCUT2D eigenvalue weighted by atomic mass is 32.2. The maximum absolute atomic E-state index is 11.9. The Morgan fingerprint density at radius 1 is 1.20 bits per heavy atom. The maximum atomic E-state index is 11.9. The van der Waals surface area contributed by atoms with E-state index in [0.717, 1.165) is 0 Å². The first-order valence-corrected chi connectivity index (χ1v) is 6.35. The second kappa shape index (κ2) is 5.70. The van der Waals surface area contributed by atoms with Crippen molar-refractivity contribution < 1.29 is 24.3 Å². The number of imide groups is 1. The number of rotatable bonds is 4. The van der Waals surface area contributed by atoms with Gasteiger partial charge in [-0.15, -0.1) is 0 Å². The van der Waals surface area contributed by atoms with Crippen molar-refractivity contribution in [2.24, 2.45) is 0 Å². The molecule has 0 bridgehead atoms. The van der Waals surface area contributed by atoms with E-state index in [1.165, 1.54) is 6.08 Å². The number of carboxylic acid groups (broad SMARTS) is 1. The van der Waals surface area contributed by atoms with Crippen molar-refractivity contribution in [3.63, 3.8) is 0 Å². The number of aldehydes is 1. The Kier molecular flexibility index (Phi) is 3.99. The quantitative estimate of drug-likeness (QED) is 0.669. The van der Waals surface area contributed by atoms with E-state index in [9.17, 15) is 19.2 Å². The highest BCUT2D eigenvalue weighted by Gasteiger charge is 2.36. The van der Waals surface area contributed by atoms with Gasteiger partial charge in [-0.2, -0.15) is 0 Å². The number of carbonyl (C=O) groups excluding carboxylic acids is 3. The van der Waals surface area contributed by atoms with Crippen molar-refractivity contribution in [1.29, 1.82) is 0 Å². The molecule has 1 aliphatic heterocycles. The number of benzene rings is 1. The Labute approximate surface area is 118 Å². The molecule has 6 nitrogen and oxygen atoms in total. The van der Waals surface area contributed by atoms with E-state index >= 15 is 0 Å². The fraction of sp³-hybridized carbons (Fsp3) is 0.0769. The maximum Gasteiger partial charge on any atom is 0.323 e. The van der Waals surface area contributed by atoms with Gasteiger partial charge in [0, 0.05) is 5.56 Å². The van der Waals surface area contributed by atoms with Gasteiger partial charge in [-0.3, -0.25) is 24.1 Å². The lowest BCUT2D eigenvalue weighted by molar-refractivity contribution is -0.140. The minimum atomic E-state index is -1.25. The Morgan fingerprint density at radius 2 is 1.80 bits per heavy atom. The molecule has 1 heterocycles. The number of hydrogen-bond acceptors (Lipinski definition) is 5. The van der Waals surface area contributed by atoms with Crippen molar-refractivity contribution >= 4 is 41.2 Å². The molecule has 1 N–H and O–H groups in total. The zero-order valence-electron chi connectivity index (χ0n) is 10.1. The topological polar surface area (TPSA) is 91.8 Å². The summed E-state index contributed by atoms with van der Waals surface area (Å²) in [4.78, 5) is 45.4. The Hall–Kier alpha value is -2.41. The number of amides is 2. The Bertz CT molecular complexity index is 620. The molecular weight excluding hydrogens is 282 g/mol. The molecule has 0 atom stereocenters. The summed E-state index contributed by atoms with van der Waals surface area (Å²) in [5, 5.41) is 8.03. The highest BCUT2D eigenvalue weighted by Crippen LogP contribution is 2.31. The standard InChI is InChI=1S/C13H9NO5S/c15-7-9-3-1-8(2-4-9)5-10-12(18)14(6-11(16)17)13(19)20-10/h1-5,7H,6H2,(H,16,17). The van der Waals surface area contributed by atoms with Crippen LogP contribution in [0.1, 0.15) is 15.9 Å². The summed E-state index contributed by atoms with van der Waals surface area (Å²) in [7, 11) is 0. The first-order valence-electron chi connectivity index (χ1n) is 5.53. The molecule has 1 aromatic carbocycles. The predicted octanol–water partition coefficient (Wildman–Crippen LogP) is 1.62. The molecule has 7 heteroatoms. The molecule has 0 unspecified atom stereocenters. The van der Waals surface area contributed by atoms with Gasteiger partial charge in [-0.1, -0.05) is 24.3 Å². The summed E-state index contributed by atoms with van der Waals surface area (Å²) in [6, 6.07) is 6.43. The van der Waals surface area contributed by atoms with Crippen LogP contribution < -0.4 is 0 Å². The summed E-state index contributed by atoms with van der Waals surface area (Å²) in [5.74, 6) is -1.87. The van der Waals surface area contributed by atoms with Crippen molar-refractivity contribution in [2.75, 3.05) is 6.54 Å². The van der Waals surface area contributed by atoms with E-state index in [1.54, 1.807) is 24.3 Å². The predicted molar refractivity (Wildman–Crippen MR) is 72.1 cm³/mol. The van der Waals surface area contributed by atoms with E-state index in [1.807, 2.05) is 0 Å². The lowest BCUT2D eigenvalue weighted by Crippen LogP contribution is -2.33. The van der Waals surface area contributed by atoms with Gasteiger partial charge in [0.05, 0.1) is 4.91 Å². The van der Waals surface area contributed by atoms with Crippen molar-refractivity contribution in [2.45, 2.75) is 0 Å². The van der Waals surface area contributed by atoms with Crippen LogP contribution in [0.5, 0.6) is 0 Å². The lowest BCUT2D eigenvalue weighted by atomic mass is 10.1. The van der Waals surface area contributed by atoms with Gasteiger partial charge >= 0.3 is 5.97 Å². The van der Waals surface area contributed by atoms with Gasteiger partial charge in [0.15, 0.2) is 0 Å². The van der Waals surface area contributed by atoms with E-state index in [-0.39, 0.29) is 4.91 Å². The SMILES string of the molecule is O=Cc1ccc(C=C2SC(=O)N(CC(=O)O)C2=O)cc1. The Morgan fingerprint density at radius 3 is 2.35 bits per heavy atom. The summed E-state index contributed by atoms with van der Waals surface area (Å²) in [5.41, 5.74) is 1.15. The van der Waals surface area contributed by atoms with E-state index in [0.29, 0.717) is 34.1 Å². The number of nitrogens with zero attached hydrogens (tertiary/aromatic N) is 1. The third-order valence-electron chi connectivity index (χ3n) is 2.54. The first kappa shape index (κ1) is 14.0.